The summed E-state index contributed by atoms with van der Waals surface area (Å²) in [5.74, 6) is 0.870. The van der Waals surface area contributed by atoms with Crippen molar-refractivity contribution in [2.24, 2.45) is 5.92 Å². The topological polar surface area (TPSA) is 24.5 Å². The minimum absolute atomic E-state index is 0.515. The average Bonchev–Trinajstić information content (AvgIpc) is 2.46. The minimum Gasteiger partial charge on any atom is -0.377 e. The first-order valence-electron chi connectivity index (χ1n) is 8.37. The van der Waals surface area contributed by atoms with E-state index in [0.29, 0.717) is 12.1 Å². The van der Waals surface area contributed by atoms with Crippen molar-refractivity contribution in [3.63, 3.8) is 0 Å². The van der Waals surface area contributed by atoms with Crippen LogP contribution in [0.3, 0.4) is 0 Å². The molecule has 112 valence electrons. The van der Waals surface area contributed by atoms with Crippen LogP contribution in [-0.4, -0.2) is 49.8 Å². The van der Waals surface area contributed by atoms with Crippen molar-refractivity contribution >= 4 is 0 Å². The fraction of sp³-hybridized carbons (Fsp3) is 1.00. The van der Waals surface area contributed by atoms with E-state index in [1.807, 2.05) is 0 Å². The SMILES string of the molecule is CCCNC(C)C1CCN(CC2CCCCO2)CC1. The molecular weight excluding hydrogens is 236 g/mol. The van der Waals surface area contributed by atoms with Crippen LogP contribution in [0.15, 0.2) is 0 Å². The molecule has 2 saturated heterocycles. The van der Waals surface area contributed by atoms with Gasteiger partial charge < -0.3 is 15.0 Å². The molecule has 0 amide bonds. The average molecular weight is 268 g/mol. The van der Waals surface area contributed by atoms with E-state index in [0.717, 1.165) is 19.1 Å². The monoisotopic (exact) mass is 268 g/mol. The van der Waals surface area contributed by atoms with E-state index in [1.165, 1.54) is 58.2 Å². The van der Waals surface area contributed by atoms with Crippen molar-refractivity contribution < 1.29 is 4.74 Å². The summed E-state index contributed by atoms with van der Waals surface area (Å²) in [5.41, 5.74) is 0. The van der Waals surface area contributed by atoms with Gasteiger partial charge in [0.05, 0.1) is 6.10 Å². The van der Waals surface area contributed by atoms with E-state index >= 15 is 0 Å². The molecule has 0 aromatic rings. The summed E-state index contributed by atoms with van der Waals surface area (Å²) in [7, 11) is 0. The molecule has 0 saturated carbocycles. The highest BCUT2D eigenvalue weighted by Gasteiger charge is 2.25. The van der Waals surface area contributed by atoms with Crippen molar-refractivity contribution in [1.82, 2.24) is 10.2 Å². The van der Waals surface area contributed by atoms with Gasteiger partial charge in [-0.2, -0.15) is 0 Å². The maximum absolute atomic E-state index is 5.85. The van der Waals surface area contributed by atoms with Gasteiger partial charge in [0.1, 0.15) is 0 Å². The summed E-state index contributed by atoms with van der Waals surface area (Å²) in [5, 5.41) is 3.66. The van der Waals surface area contributed by atoms with Gasteiger partial charge in [-0.25, -0.2) is 0 Å². The fourth-order valence-corrected chi connectivity index (χ4v) is 3.41. The lowest BCUT2D eigenvalue weighted by molar-refractivity contribution is -0.0121. The first-order chi connectivity index (χ1) is 9.29. The quantitative estimate of drug-likeness (QED) is 0.801. The molecule has 3 nitrogen and oxygen atoms in total. The van der Waals surface area contributed by atoms with Crippen LogP contribution in [0.5, 0.6) is 0 Å². The number of rotatable bonds is 6. The fourth-order valence-electron chi connectivity index (χ4n) is 3.41. The Kier molecular flexibility index (Phi) is 6.62. The van der Waals surface area contributed by atoms with Crippen LogP contribution in [0.2, 0.25) is 0 Å². The van der Waals surface area contributed by atoms with Crippen LogP contribution in [-0.2, 0) is 4.74 Å². The van der Waals surface area contributed by atoms with Crippen LogP contribution in [0.1, 0.15) is 52.4 Å². The number of likely N-dealkylation sites (tertiary alicyclic amines) is 1. The van der Waals surface area contributed by atoms with Gasteiger partial charge in [-0.05, 0) is 71.0 Å². The summed E-state index contributed by atoms with van der Waals surface area (Å²) < 4.78 is 5.85. The van der Waals surface area contributed by atoms with E-state index in [4.69, 9.17) is 4.74 Å². The van der Waals surface area contributed by atoms with Crippen molar-refractivity contribution in [2.75, 3.05) is 32.8 Å². The normalized spacial score (nSPS) is 28.4. The van der Waals surface area contributed by atoms with Crippen LogP contribution >= 0.6 is 0 Å². The number of nitrogens with zero attached hydrogens (tertiary/aromatic N) is 1. The summed E-state index contributed by atoms with van der Waals surface area (Å²) in [6.07, 6.45) is 8.35. The molecule has 0 aliphatic carbocycles. The molecule has 2 atom stereocenters. The lowest BCUT2D eigenvalue weighted by Gasteiger charge is -2.37. The van der Waals surface area contributed by atoms with Crippen LogP contribution < -0.4 is 5.32 Å². The van der Waals surface area contributed by atoms with Gasteiger partial charge >= 0.3 is 0 Å². The van der Waals surface area contributed by atoms with Crippen molar-refractivity contribution in [3.05, 3.63) is 0 Å². The zero-order valence-corrected chi connectivity index (χ0v) is 12.9. The first kappa shape index (κ1) is 15.3. The summed E-state index contributed by atoms with van der Waals surface area (Å²) in [4.78, 5) is 2.62. The molecule has 3 heteroatoms. The summed E-state index contributed by atoms with van der Waals surface area (Å²) >= 11 is 0. The van der Waals surface area contributed by atoms with Gasteiger partial charge in [-0.3, -0.25) is 0 Å². The summed E-state index contributed by atoms with van der Waals surface area (Å²) in [6.45, 7) is 10.5. The van der Waals surface area contributed by atoms with Gasteiger partial charge in [0.15, 0.2) is 0 Å². The van der Waals surface area contributed by atoms with E-state index in [9.17, 15) is 0 Å². The molecule has 0 radical (unpaired) electrons. The standard InChI is InChI=1S/C16H32N2O/c1-3-9-17-14(2)15-7-10-18(11-8-15)13-16-6-4-5-12-19-16/h14-17H,3-13H2,1-2H3. The zero-order chi connectivity index (χ0) is 13.5. The predicted octanol–water partition coefficient (Wildman–Crippen LogP) is 2.66. The van der Waals surface area contributed by atoms with Crippen molar-refractivity contribution in [1.29, 1.82) is 0 Å². The first-order valence-corrected chi connectivity index (χ1v) is 8.37. The van der Waals surface area contributed by atoms with Gasteiger partial charge in [0.25, 0.3) is 0 Å². The summed E-state index contributed by atoms with van der Waals surface area (Å²) in [6, 6.07) is 0.688. The molecule has 2 aliphatic heterocycles. The lowest BCUT2D eigenvalue weighted by Crippen LogP contribution is -2.45. The lowest BCUT2D eigenvalue weighted by atomic mass is 9.90. The van der Waals surface area contributed by atoms with Crippen LogP contribution in [0.4, 0.5) is 0 Å². The molecule has 0 spiro atoms. The Balaban J connectivity index is 1.64. The Hall–Kier alpha value is -0.120. The van der Waals surface area contributed by atoms with Gasteiger partial charge in [0.2, 0.25) is 0 Å². The van der Waals surface area contributed by atoms with Gasteiger partial charge in [0, 0.05) is 19.2 Å². The van der Waals surface area contributed by atoms with E-state index < -0.39 is 0 Å². The zero-order valence-electron chi connectivity index (χ0n) is 12.9. The number of nitrogens with one attached hydrogen (secondary N) is 1. The Morgan fingerprint density at radius 1 is 1.21 bits per heavy atom. The maximum Gasteiger partial charge on any atom is 0.0702 e. The van der Waals surface area contributed by atoms with Crippen LogP contribution in [0.25, 0.3) is 0 Å². The second-order valence-electron chi connectivity index (χ2n) is 6.37. The van der Waals surface area contributed by atoms with Crippen molar-refractivity contribution in [3.8, 4) is 0 Å². The number of hydrogen-bond acceptors (Lipinski definition) is 3. The second-order valence-corrected chi connectivity index (χ2v) is 6.37. The highest BCUT2D eigenvalue weighted by Crippen LogP contribution is 2.22. The Morgan fingerprint density at radius 3 is 2.63 bits per heavy atom. The van der Waals surface area contributed by atoms with E-state index in [1.54, 1.807) is 0 Å². The van der Waals surface area contributed by atoms with Gasteiger partial charge in [-0.15, -0.1) is 0 Å². The van der Waals surface area contributed by atoms with Gasteiger partial charge in [-0.1, -0.05) is 6.92 Å². The third-order valence-electron chi connectivity index (χ3n) is 4.79. The molecule has 2 aliphatic rings. The molecule has 0 aromatic heterocycles. The number of piperidine rings is 1. The maximum atomic E-state index is 5.85. The molecule has 1 N–H and O–H groups in total. The molecule has 2 heterocycles. The molecule has 0 aromatic carbocycles. The largest absolute Gasteiger partial charge is 0.377 e. The second kappa shape index (κ2) is 8.23. The Labute approximate surface area is 119 Å². The van der Waals surface area contributed by atoms with Crippen LogP contribution in [0, 0.1) is 5.92 Å². The molecular formula is C16H32N2O. The van der Waals surface area contributed by atoms with E-state index in [-0.39, 0.29) is 0 Å². The molecule has 19 heavy (non-hydrogen) atoms. The molecule has 0 bridgehead atoms. The Morgan fingerprint density at radius 2 is 2.00 bits per heavy atom. The predicted molar refractivity (Wildman–Crippen MR) is 80.5 cm³/mol. The van der Waals surface area contributed by atoms with Crippen molar-refractivity contribution in [2.45, 2.75) is 64.5 Å². The number of ether oxygens (including phenoxy) is 1. The molecule has 2 rings (SSSR count). The third kappa shape index (κ3) is 5.05. The Bertz CT molecular complexity index is 233. The minimum atomic E-state index is 0.515. The highest BCUT2D eigenvalue weighted by atomic mass is 16.5. The highest BCUT2D eigenvalue weighted by molar-refractivity contribution is 4.81. The molecule has 2 fully saturated rings. The smallest absolute Gasteiger partial charge is 0.0702 e. The number of hydrogen-bond donors (Lipinski definition) is 1. The van der Waals surface area contributed by atoms with E-state index in [2.05, 4.69) is 24.1 Å². The molecule has 2 unspecified atom stereocenters. The third-order valence-corrected chi connectivity index (χ3v) is 4.79.